The number of hydrogen-bond donors (Lipinski definition) is 2. The fourth-order valence-electron chi connectivity index (χ4n) is 1.65. The largest absolute Gasteiger partial charge is 0.492 e. The van der Waals surface area contributed by atoms with E-state index in [-0.39, 0.29) is 12.4 Å². The molecule has 1 aromatic heterocycles. The first-order valence-corrected chi connectivity index (χ1v) is 6.91. The van der Waals surface area contributed by atoms with Crippen LogP contribution >= 0.6 is 0 Å². The van der Waals surface area contributed by atoms with Crippen molar-refractivity contribution >= 4 is 0 Å². The normalized spacial score (nSPS) is 11.9. The van der Waals surface area contributed by atoms with Gasteiger partial charge in [-0.1, -0.05) is 0 Å². The van der Waals surface area contributed by atoms with Crippen LogP contribution in [-0.4, -0.2) is 47.7 Å². The highest BCUT2D eigenvalue weighted by Gasteiger charge is 2.05. The number of ether oxygens (including phenoxy) is 2. The second-order valence-electron chi connectivity index (χ2n) is 4.53. The molecule has 0 spiro atoms. The maximum absolute atomic E-state index is 12.7. The molecule has 0 saturated heterocycles. The van der Waals surface area contributed by atoms with Crippen LogP contribution in [-0.2, 0) is 0 Å². The first-order valence-electron chi connectivity index (χ1n) is 6.91. The van der Waals surface area contributed by atoms with E-state index in [1.807, 2.05) is 0 Å². The fourth-order valence-corrected chi connectivity index (χ4v) is 1.65. The van der Waals surface area contributed by atoms with Gasteiger partial charge in [-0.3, -0.25) is 0 Å². The molecular weight excluding hydrogens is 289 g/mol. The summed E-state index contributed by atoms with van der Waals surface area (Å²) in [5, 5.41) is 20.2. The van der Waals surface area contributed by atoms with Gasteiger partial charge in [-0.25, -0.2) is 4.39 Å². The van der Waals surface area contributed by atoms with Crippen LogP contribution in [0, 0.1) is 5.82 Å². The van der Waals surface area contributed by atoms with Crippen LogP contribution in [0.15, 0.2) is 42.6 Å². The predicted octanol–water partition coefficient (Wildman–Crippen LogP) is 1.02. The van der Waals surface area contributed by atoms with E-state index in [1.54, 1.807) is 30.5 Å². The van der Waals surface area contributed by atoms with Gasteiger partial charge in [0.05, 0.1) is 0 Å². The van der Waals surface area contributed by atoms with E-state index < -0.39 is 6.10 Å². The maximum atomic E-state index is 12.7. The molecule has 2 N–H and O–H groups in total. The minimum absolute atomic E-state index is 0.129. The second kappa shape index (κ2) is 8.91. The van der Waals surface area contributed by atoms with Crippen molar-refractivity contribution in [3.63, 3.8) is 0 Å². The maximum Gasteiger partial charge on any atom is 0.233 e. The molecule has 0 radical (unpaired) electrons. The van der Waals surface area contributed by atoms with Crippen LogP contribution in [0.25, 0.3) is 0 Å². The van der Waals surface area contributed by atoms with Crippen LogP contribution in [0.5, 0.6) is 11.6 Å². The molecule has 0 aliphatic rings. The summed E-state index contributed by atoms with van der Waals surface area (Å²) in [4.78, 5) is 0. The molecular formula is C15H18FN3O3. The Balaban J connectivity index is 1.53. The number of aliphatic hydroxyl groups excluding tert-OH is 1. The number of nitrogens with zero attached hydrogens (tertiary/aromatic N) is 2. The number of aliphatic hydroxyl groups is 1. The van der Waals surface area contributed by atoms with E-state index in [0.717, 1.165) is 0 Å². The molecule has 22 heavy (non-hydrogen) atoms. The molecule has 0 fully saturated rings. The van der Waals surface area contributed by atoms with Gasteiger partial charge in [0.25, 0.3) is 0 Å². The molecule has 0 saturated carbocycles. The van der Waals surface area contributed by atoms with Gasteiger partial charge in [0.15, 0.2) is 0 Å². The van der Waals surface area contributed by atoms with Crippen molar-refractivity contribution in [1.29, 1.82) is 0 Å². The molecule has 1 unspecified atom stereocenters. The highest BCUT2D eigenvalue weighted by molar-refractivity contribution is 5.21. The number of rotatable bonds is 9. The van der Waals surface area contributed by atoms with Gasteiger partial charge in [0, 0.05) is 25.4 Å². The molecule has 0 aliphatic heterocycles. The molecule has 7 heteroatoms. The summed E-state index contributed by atoms with van der Waals surface area (Å²) < 4.78 is 23.4. The Morgan fingerprint density at radius 2 is 2.00 bits per heavy atom. The Morgan fingerprint density at radius 1 is 1.18 bits per heavy atom. The zero-order valence-corrected chi connectivity index (χ0v) is 12.0. The van der Waals surface area contributed by atoms with E-state index in [1.165, 1.54) is 12.1 Å². The third-order valence-corrected chi connectivity index (χ3v) is 2.71. The van der Waals surface area contributed by atoms with Crippen molar-refractivity contribution in [2.45, 2.75) is 6.10 Å². The van der Waals surface area contributed by atoms with Gasteiger partial charge < -0.3 is 19.9 Å². The summed E-state index contributed by atoms with van der Waals surface area (Å²) in [6.07, 6.45) is 0.888. The van der Waals surface area contributed by atoms with Crippen molar-refractivity contribution in [2.24, 2.45) is 0 Å². The van der Waals surface area contributed by atoms with Crippen molar-refractivity contribution in [2.75, 3.05) is 26.3 Å². The summed E-state index contributed by atoms with van der Waals surface area (Å²) in [7, 11) is 0. The summed E-state index contributed by atoms with van der Waals surface area (Å²) in [6.45, 7) is 1.47. The van der Waals surface area contributed by atoms with E-state index >= 15 is 0 Å². The SMILES string of the molecule is OC(CNCCOc1ccc(F)cc1)COc1cccnn1. The lowest BCUT2D eigenvalue weighted by Crippen LogP contribution is -2.33. The standard InChI is InChI=1S/C15H18FN3O3/c16-12-3-5-14(6-4-12)21-9-8-17-10-13(20)11-22-15-2-1-7-18-19-15/h1-7,13,17,20H,8-11H2. The third kappa shape index (κ3) is 6.02. The Hall–Kier alpha value is -2.25. The number of benzene rings is 1. The number of halogens is 1. The van der Waals surface area contributed by atoms with Gasteiger partial charge in [-0.15, -0.1) is 5.10 Å². The topological polar surface area (TPSA) is 76.5 Å². The molecule has 6 nitrogen and oxygen atoms in total. The van der Waals surface area contributed by atoms with Gasteiger partial charge in [-0.05, 0) is 30.3 Å². The van der Waals surface area contributed by atoms with Crippen molar-refractivity contribution in [3.05, 3.63) is 48.4 Å². The van der Waals surface area contributed by atoms with Crippen LogP contribution in [0.4, 0.5) is 4.39 Å². The van der Waals surface area contributed by atoms with E-state index in [4.69, 9.17) is 9.47 Å². The smallest absolute Gasteiger partial charge is 0.233 e. The lowest BCUT2D eigenvalue weighted by atomic mass is 10.3. The summed E-state index contributed by atoms with van der Waals surface area (Å²) in [6, 6.07) is 9.20. The number of aromatic nitrogens is 2. The van der Waals surface area contributed by atoms with Gasteiger partial charge in [0.1, 0.15) is 30.9 Å². The van der Waals surface area contributed by atoms with E-state index in [0.29, 0.717) is 31.3 Å². The molecule has 1 atom stereocenters. The highest BCUT2D eigenvalue weighted by atomic mass is 19.1. The molecule has 2 rings (SSSR count). The molecule has 2 aromatic rings. The molecule has 0 aliphatic carbocycles. The van der Waals surface area contributed by atoms with Crippen molar-refractivity contribution < 1.29 is 19.0 Å². The van der Waals surface area contributed by atoms with Crippen molar-refractivity contribution in [1.82, 2.24) is 15.5 Å². The quantitative estimate of drug-likeness (QED) is 0.674. The Morgan fingerprint density at radius 3 is 2.73 bits per heavy atom. The average molecular weight is 307 g/mol. The number of nitrogens with one attached hydrogen (secondary N) is 1. The molecule has 118 valence electrons. The molecule has 0 bridgehead atoms. The zero-order valence-electron chi connectivity index (χ0n) is 12.0. The Labute approximate surface area is 127 Å². The molecule has 0 amide bonds. The number of hydrogen-bond acceptors (Lipinski definition) is 6. The van der Waals surface area contributed by atoms with Crippen LogP contribution in [0.1, 0.15) is 0 Å². The predicted molar refractivity (Wildman–Crippen MR) is 78.3 cm³/mol. The Kier molecular flexibility index (Phi) is 6.53. The highest BCUT2D eigenvalue weighted by Crippen LogP contribution is 2.10. The van der Waals surface area contributed by atoms with E-state index in [9.17, 15) is 9.50 Å². The average Bonchev–Trinajstić information content (AvgIpc) is 2.55. The first kappa shape index (κ1) is 16.1. The van der Waals surface area contributed by atoms with Gasteiger partial charge >= 0.3 is 0 Å². The van der Waals surface area contributed by atoms with E-state index in [2.05, 4.69) is 15.5 Å². The second-order valence-corrected chi connectivity index (χ2v) is 4.53. The van der Waals surface area contributed by atoms with Crippen molar-refractivity contribution in [3.8, 4) is 11.6 Å². The molecule has 1 heterocycles. The van der Waals surface area contributed by atoms with Crippen LogP contribution < -0.4 is 14.8 Å². The minimum Gasteiger partial charge on any atom is -0.492 e. The fraction of sp³-hybridized carbons (Fsp3) is 0.333. The summed E-state index contributed by atoms with van der Waals surface area (Å²) in [5.74, 6) is 0.688. The minimum atomic E-state index is -0.659. The first-order chi connectivity index (χ1) is 10.7. The van der Waals surface area contributed by atoms with Gasteiger partial charge in [0.2, 0.25) is 5.88 Å². The summed E-state index contributed by atoms with van der Waals surface area (Å²) in [5.41, 5.74) is 0. The van der Waals surface area contributed by atoms with Gasteiger partial charge in [-0.2, -0.15) is 5.10 Å². The Bertz CT molecular complexity index is 539. The molecule has 1 aromatic carbocycles. The summed E-state index contributed by atoms with van der Waals surface area (Å²) >= 11 is 0. The third-order valence-electron chi connectivity index (χ3n) is 2.71. The zero-order chi connectivity index (χ0) is 15.6. The lowest BCUT2D eigenvalue weighted by molar-refractivity contribution is 0.102. The van der Waals surface area contributed by atoms with Crippen LogP contribution in [0.2, 0.25) is 0 Å². The van der Waals surface area contributed by atoms with Crippen LogP contribution in [0.3, 0.4) is 0 Å². The monoisotopic (exact) mass is 307 g/mol. The lowest BCUT2D eigenvalue weighted by Gasteiger charge is -2.12.